The van der Waals surface area contributed by atoms with Crippen molar-refractivity contribution in [1.82, 2.24) is 0 Å². The van der Waals surface area contributed by atoms with E-state index in [-0.39, 0.29) is 35.3 Å². The van der Waals surface area contributed by atoms with Gasteiger partial charge in [-0.3, -0.25) is 9.69 Å². The number of allylic oxidation sites excluding steroid dienone is 3. The highest BCUT2D eigenvalue weighted by Crippen LogP contribution is 2.48. The molecule has 0 spiro atoms. The van der Waals surface area contributed by atoms with E-state index in [0.29, 0.717) is 40.8 Å². The predicted molar refractivity (Wildman–Crippen MR) is 149 cm³/mol. The van der Waals surface area contributed by atoms with Gasteiger partial charge in [-0.25, -0.2) is 8.78 Å². The third-order valence-corrected chi connectivity index (χ3v) is 7.78. The van der Waals surface area contributed by atoms with Crippen LogP contribution in [0.1, 0.15) is 47.4 Å². The van der Waals surface area contributed by atoms with Crippen molar-refractivity contribution in [3.8, 4) is 11.8 Å². The zero-order valence-corrected chi connectivity index (χ0v) is 23.1. The molecule has 8 heteroatoms. The monoisotopic (exact) mass is 589 g/mol. The average Bonchev–Trinajstić information content (AvgIpc) is 2.90. The Morgan fingerprint density at radius 1 is 1.10 bits per heavy atom. The van der Waals surface area contributed by atoms with Crippen LogP contribution in [0, 0.1) is 36.8 Å². The Balaban J connectivity index is 1.64. The number of aryl methyl sites for hydroxylation is 1. The predicted octanol–water partition coefficient (Wildman–Crippen LogP) is 7.23. The molecule has 1 atom stereocenters. The van der Waals surface area contributed by atoms with Crippen LogP contribution in [-0.2, 0) is 11.4 Å². The second-order valence-corrected chi connectivity index (χ2v) is 10.7. The molecule has 2 N–H and O–H groups in total. The van der Waals surface area contributed by atoms with Gasteiger partial charge < -0.3 is 10.5 Å². The van der Waals surface area contributed by atoms with Gasteiger partial charge in [-0.15, -0.1) is 0 Å². The van der Waals surface area contributed by atoms with Crippen molar-refractivity contribution in [2.24, 2.45) is 5.73 Å². The fourth-order valence-electron chi connectivity index (χ4n) is 5.44. The van der Waals surface area contributed by atoms with Crippen LogP contribution >= 0.6 is 15.9 Å². The number of rotatable bonds is 5. The summed E-state index contributed by atoms with van der Waals surface area (Å²) in [5.41, 5.74) is 11.6. The Bertz CT molecular complexity index is 1590. The van der Waals surface area contributed by atoms with E-state index in [4.69, 9.17) is 10.5 Å². The Labute approximate surface area is 234 Å². The fourth-order valence-corrected chi connectivity index (χ4v) is 5.77. The average molecular weight is 590 g/mol. The number of hydrogen-bond acceptors (Lipinski definition) is 5. The largest absolute Gasteiger partial charge is 0.489 e. The molecule has 1 aliphatic heterocycles. The minimum atomic E-state index is -0.683. The number of Topliss-reactive ketones (excluding diaryl/α,β-unsaturated/α-hetero) is 1. The molecule has 1 unspecified atom stereocenters. The van der Waals surface area contributed by atoms with Gasteiger partial charge in [0, 0.05) is 22.2 Å². The lowest BCUT2D eigenvalue weighted by Gasteiger charge is -2.40. The number of benzene rings is 3. The first-order chi connectivity index (χ1) is 18.7. The maximum absolute atomic E-state index is 15.2. The second-order valence-electron chi connectivity index (χ2n) is 9.79. The highest BCUT2D eigenvalue weighted by atomic mass is 79.9. The van der Waals surface area contributed by atoms with Gasteiger partial charge in [-0.2, -0.15) is 5.26 Å². The van der Waals surface area contributed by atoms with E-state index >= 15 is 4.39 Å². The van der Waals surface area contributed by atoms with E-state index in [9.17, 15) is 14.4 Å². The quantitative estimate of drug-likeness (QED) is 0.339. The summed E-state index contributed by atoms with van der Waals surface area (Å²) < 4.78 is 35.0. The Morgan fingerprint density at radius 2 is 1.85 bits per heavy atom. The number of halogens is 3. The topological polar surface area (TPSA) is 79.3 Å². The number of hydrogen-bond donors (Lipinski definition) is 1. The van der Waals surface area contributed by atoms with Gasteiger partial charge in [-0.05, 0) is 85.8 Å². The number of nitrogens with two attached hydrogens (primary N) is 1. The highest BCUT2D eigenvalue weighted by Gasteiger charge is 2.41. The molecular weight excluding hydrogens is 564 g/mol. The molecule has 0 amide bonds. The Kier molecular flexibility index (Phi) is 7.28. The third kappa shape index (κ3) is 4.95. The van der Waals surface area contributed by atoms with E-state index in [0.717, 1.165) is 22.3 Å². The molecule has 3 aromatic rings. The molecule has 3 aromatic carbocycles. The summed E-state index contributed by atoms with van der Waals surface area (Å²) in [5.74, 6) is -0.980. The van der Waals surface area contributed by atoms with E-state index < -0.39 is 11.7 Å². The van der Waals surface area contributed by atoms with Crippen LogP contribution in [0.4, 0.5) is 14.5 Å². The zero-order valence-electron chi connectivity index (χ0n) is 21.5. The van der Waals surface area contributed by atoms with Crippen LogP contribution < -0.4 is 15.4 Å². The van der Waals surface area contributed by atoms with Crippen LogP contribution in [0.25, 0.3) is 0 Å². The molecule has 198 valence electrons. The van der Waals surface area contributed by atoms with Crippen LogP contribution in [0.5, 0.6) is 5.75 Å². The molecule has 5 rings (SSSR count). The molecule has 1 aliphatic carbocycles. The van der Waals surface area contributed by atoms with E-state index in [2.05, 4.69) is 22.0 Å². The molecule has 1 heterocycles. The lowest BCUT2D eigenvalue weighted by molar-refractivity contribution is -0.116. The summed E-state index contributed by atoms with van der Waals surface area (Å²) in [4.78, 5) is 15.0. The molecule has 5 nitrogen and oxygen atoms in total. The van der Waals surface area contributed by atoms with Gasteiger partial charge in [0.15, 0.2) is 5.78 Å². The lowest BCUT2D eigenvalue weighted by Crippen LogP contribution is -2.39. The van der Waals surface area contributed by atoms with E-state index in [1.165, 1.54) is 23.1 Å². The van der Waals surface area contributed by atoms with Crippen LogP contribution in [-0.4, -0.2) is 5.78 Å². The van der Waals surface area contributed by atoms with Crippen LogP contribution in [0.3, 0.4) is 0 Å². The minimum absolute atomic E-state index is 0.0750. The SMILES string of the molecule is Cc1cc(COc2ccc(F)cc2)c(C)c(C2C(C#N)=C(N)N(c3ccc(Br)cc3F)C3=C2C(=O)CCC3)c1. The standard InChI is InChI=1S/C31H26BrF2N3O2/c1-17-12-19(16-39-22-9-7-21(33)8-10-22)18(2)23(13-17)29-24(15-35)31(36)37(26-11-6-20(32)14-25(26)34)27-4-3-5-28(38)30(27)29/h6-14,29H,3-5,16,36H2,1-2H3. The first-order valence-electron chi connectivity index (χ1n) is 12.6. The van der Waals surface area contributed by atoms with Crippen molar-refractivity contribution in [1.29, 1.82) is 5.26 Å². The molecule has 0 aromatic heterocycles. The van der Waals surface area contributed by atoms with Crippen molar-refractivity contribution in [3.05, 3.63) is 116 Å². The minimum Gasteiger partial charge on any atom is -0.489 e. The number of ketones is 1. The van der Waals surface area contributed by atoms with Gasteiger partial charge >= 0.3 is 0 Å². The Morgan fingerprint density at radius 3 is 2.54 bits per heavy atom. The lowest BCUT2D eigenvalue weighted by atomic mass is 9.73. The maximum Gasteiger partial charge on any atom is 0.161 e. The van der Waals surface area contributed by atoms with Crippen LogP contribution in [0.2, 0.25) is 0 Å². The van der Waals surface area contributed by atoms with Crippen molar-refractivity contribution < 1.29 is 18.3 Å². The first-order valence-corrected chi connectivity index (χ1v) is 13.4. The summed E-state index contributed by atoms with van der Waals surface area (Å²) >= 11 is 3.28. The zero-order chi connectivity index (χ0) is 27.8. The molecule has 2 aliphatic rings. The third-order valence-electron chi connectivity index (χ3n) is 7.28. The molecule has 0 fully saturated rings. The summed E-state index contributed by atoms with van der Waals surface area (Å²) in [7, 11) is 0. The maximum atomic E-state index is 15.2. The smallest absolute Gasteiger partial charge is 0.161 e. The van der Waals surface area contributed by atoms with Gasteiger partial charge in [0.2, 0.25) is 0 Å². The van der Waals surface area contributed by atoms with Crippen molar-refractivity contribution in [2.45, 2.75) is 45.6 Å². The van der Waals surface area contributed by atoms with E-state index in [1.54, 1.807) is 24.3 Å². The van der Waals surface area contributed by atoms with Gasteiger partial charge in [0.05, 0.1) is 23.2 Å². The summed E-state index contributed by atoms with van der Waals surface area (Å²) in [6.45, 7) is 4.08. The van der Waals surface area contributed by atoms with Crippen molar-refractivity contribution >= 4 is 27.4 Å². The normalized spacial score (nSPS) is 17.3. The number of anilines is 1. The number of nitrogens with zero attached hydrogens (tertiary/aromatic N) is 2. The second kappa shape index (κ2) is 10.7. The molecule has 0 saturated carbocycles. The highest BCUT2D eigenvalue weighted by molar-refractivity contribution is 9.10. The molecule has 39 heavy (non-hydrogen) atoms. The Hall–Kier alpha value is -3.96. The van der Waals surface area contributed by atoms with Crippen molar-refractivity contribution in [3.63, 3.8) is 0 Å². The number of nitriles is 1. The summed E-state index contributed by atoms with van der Waals surface area (Å²) in [6, 6.07) is 16.6. The summed E-state index contributed by atoms with van der Waals surface area (Å²) in [6.07, 6.45) is 1.48. The number of carbonyl (C=O) groups excluding carboxylic acids is 1. The van der Waals surface area contributed by atoms with Crippen molar-refractivity contribution in [2.75, 3.05) is 4.90 Å². The van der Waals surface area contributed by atoms with Crippen LogP contribution in [0.15, 0.2) is 81.7 Å². The summed E-state index contributed by atoms with van der Waals surface area (Å²) in [5, 5.41) is 10.3. The van der Waals surface area contributed by atoms with Gasteiger partial charge in [0.1, 0.15) is 29.8 Å². The first kappa shape index (κ1) is 26.6. The number of carbonyl (C=O) groups is 1. The van der Waals surface area contributed by atoms with Gasteiger partial charge in [0.25, 0.3) is 0 Å². The molecule has 0 radical (unpaired) electrons. The fraction of sp³-hybridized carbons (Fsp3) is 0.226. The molecular formula is C31H26BrF2N3O2. The molecule has 0 saturated heterocycles. The van der Waals surface area contributed by atoms with Gasteiger partial charge in [-0.1, -0.05) is 33.6 Å². The van der Waals surface area contributed by atoms with E-state index in [1.807, 2.05) is 26.0 Å². The number of ether oxygens (including phenoxy) is 1. The molecule has 0 bridgehead atoms.